The molecule has 5 nitrogen and oxygen atoms in total. The zero-order valence-corrected chi connectivity index (χ0v) is 8.92. The molecule has 0 aromatic carbocycles. The van der Waals surface area contributed by atoms with Gasteiger partial charge in [0.25, 0.3) is 5.91 Å². The van der Waals surface area contributed by atoms with Gasteiger partial charge in [-0.2, -0.15) is 0 Å². The summed E-state index contributed by atoms with van der Waals surface area (Å²) in [6.45, 7) is 1.65. The van der Waals surface area contributed by atoms with Crippen molar-refractivity contribution in [3.63, 3.8) is 0 Å². The monoisotopic (exact) mass is 219 g/mol. The lowest BCUT2D eigenvalue weighted by Crippen LogP contribution is -2.35. The summed E-state index contributed by atoms with van der Waals surface area (Å²) in [4.78, 5) is 15.9. The van der Waals surface area contributed by atoms with Crippen molar-refractivity contribution in [2.45, 2.75) is 13.0 Å². The Morgan fingerprint density at radius 1 is 1.62 bits per heavy atom. The van der Waals surface area contributed by atoms with Gasteiger partial charge in [0.05, 0.1) is 6.61 Å². The van der Waals surface area contributed by atoms with Crippen molar-refractivity contribution in [1.82, 2.24) is 14.7 Å². The van der Waals surface area contributed by atoms with Gasteiger partial charge in [-0.1, -0.05) is 6.07 Å². The van der Waals surface area contributed by atoms with Crippen molar-refractivity contribution in [1.29, 1.82) is 0 Å². The van der Waals surface area contributed by atoms with E-state index in [-0.39, 0.29) is 18.6 Å². The van der Waals surface area contributed by atoms with Crippen molar-refractivity contribution in [2.24, 2.45) is 0 Å². The lowest BCUT2D eigenvalue weighted by Gasteiger charge is -2.08. The van der Waals surface area contributed by atoms with E-state index in [2.05, 4.69) is 10.3 Å². The molecule has 0 aliphatic heterocycles. The van der Waals surface area contributed by atoms with E-state index in [0.717, 1.165) is 5.65 Å². The van der Waals surface area contributed by atoms with Crippen LogP contribution in [0.3, 0.4) is 0 Å². The van der Waals surface area contributed by atoms with Crippen LogP contribution in [-0.2, 0) is 0 Å². The van der Waals surface area contributed by atoms with E-state index >= 15 is 0 Å². The normalized spacial score (nSPS) is 12.6. The standard InChI is InChI=1S/C11H13N3O2/c1-8(7-15)12-11(16)9-6-14-5-3-2-4-10(14)13-9/h2-6,8,15H,7H2,1H3,(H,12,16)/t8-/m1/s1. The zero-order valence-electron chi connectivity index (χ0n) is 8.92. The third-order valence-electron chi connectivity index (χ3n) is 2.25. The lowest BCUT2D eigenvalue weighted by molar-refractivity contribution is 0.0918. The Morgan fingerprint density at radius 2 is 2.44 bits per heavy atom. The van der Waals surface area contributed by atoms with Crippen LogP contribution in [0.2, 0.25) is 0 Å². The zero-order chi connectivity index (χ0) is 11.5. The highest BCUT2D eigenvalue weighted by molar-refractivity contribution is 5.93. The summed E-state index contributed by atoms with van der Waals surface area (Å²) in [6, 6.07) is 5.29. The van der Waals surface area contributed by atoms with Gasteiger partial charge in [-0.05, 0) is 19.1 Å². The van der Waals surface area contributed by atoms with Crippen LogP contribution in [0.4, 0.5) is 0 Å². The van der Waals surface area contributed by atoms with Crippen molar-refractivity contribution >= 4 is 11.6 Å². The molecule has 0 saturated heterocycles. The molecule has 0 radical (unpaired) electrons. The van der Waals surface area contributed by atoms with E-state index in [0.29, 0.717) is 5.69 Å². The number of fused-ring (bicyclic) bond motifs is 1. The minimum Gasteiger partial charge on any atom is -0.394 e. The van der Waals surface area contributed by atoms with Crippen molar-refractivity contribution in [3.8, 4) is 0 Å². The average molecular weight is 219 g/mol. The number of carbonyl (C=O) groups excluding carboxylic acids is 1. The number of pyridine rings is 1. The molecule has 2 rings (SSSR count). The molecule has 16 heavy (non-hydrogen) atoms. The van der Waals surface area contributed by atoms with Gasteiger partial charge < -0.3 is 14.8 Å². The number of amides is 1. The van der Waals surface area contributed by atoms with E-state index in [1.165, 1.54) is 0 Å². The highest BCUT2D eigenvalue weighted by atomic mass is 16.3. The Kier molecular flexibility index (Phi) is 2.87. The van der Waals surface area contributed by atoms with E-state index in [9.17, 15) is 4.79 Å². The first-order chi connectivity index (χ1) is 7.70. The molecule has 2 N–H and O–H groups in total. The molecule has 0 aliphatic carbocycles. The van der Waals surface area contributed by atoms with Crippen molar-refractivity contribution in [2.75, 3.05) is 6.61 Å². The number of hydrogen-bond donors (Lipinski definition) is 2. The van der Waals surface area contributed by atoms with Crippen LogP contribution in [-0.4, -0.2) is 33.0 Å². The number of nitrogens with one attached hydrogen (secondary N) is 1. The van der Waals surface area contributed by atoms with Crippen LogP contribution < -0.4 is 5.32 Å². The van der Waals surface area contributed by atoms with Crippen LogP contribution >= 0.6 is 0 Å². The number of imidazole rings is 1. The van der Waals surface area contributed by atoms with Gasteiger partial charge >= 0.3 is 0 Å². The number of nitrogens with zero attached hydrogens (tertiary/aromatic N) is 2. The second-order valence-electron chi connectivity index (χ2n) is 3.65. The predicted molar refractivity (Wildman–Crippen MR) is 59.2 cm³/mol. The van der Waals surface area contributed by atoms with Crippen molar-refractivity contribution in [3.05, 3.63) is 36.3 Å². The smallest absolute Gasteiger partial charge is 0.271 e. The quantitative estimate of drug-likeness (QED) is 0.787. The molecule has 84 valence electrons. The fraction of sp³-hybridized carbons (Fsp3) is 0.273. The first kappa shape index (κ1) is 10.6. The number of aliphatic hydroxyl groups excluding tert-OH is 1. The maximum Gasteiger partial charge on any atom is 0.271 e. The second-order valence-corrected chi connectivity index (χ2v) is 3.65. The molecule has 5 heteroatoms. The Bertz CT molecular complexity index is 474. The van der Waals surface area contributed by atoms with E-state index in [1.807, 2.05) is 24.4 Å². The van der Waals surface area contributed by atoms with Gasteiger partial charge in [0, 0.05) is 18.4 Å². The number of aromatic nitrogens is 2. The Balaban J connectivity index is 2.23. The summed E-state index contributed by atoms with van der Waals surface area (Å²) in [5.41, 5.74) is 1.08. The fourth-order valence-electron chi connectivity index (χ4n) is 1.39. The van der Waals surface area contributed by atoms with Crippen LogP contribution in [0.15, 0.2) is 30.6 Å². The minimum atomic E-state index is -0.273. The van der Waals surface area contributed by atoms with E-state index in [1.54, 1.807) is 17.5 Å². The largest absolute Gasteiger partial charge is 0.394 e. The molecule has 0 bridgehead atoms. The molecule has 1 atom stereocenters. The van der Waals surface area contributed by atoms with Gasteiger partial charge in [-0.25, -0.2) is 4.98 Å². The van der Waals surface area contributed by atoms with Gasteiger partial charge in [0.15, 0.2) is 0 Å². The SMILES string of the molecule is C[C@H](CO)NC(=O)c1cn2ccccc2n1. The topological polar surface area (TPSA) is 66.6 Å². The molecule has 2 aromatic heterocycles. The Morgan fingerprint density at radius 3 is 3.12 bits per heavy atom. The summed E-state index contributed by atoms with van der Waals surface area (Å²) in [7, 11) is 0. The maximum absolute atomic E-state index is 11.7. The number of carbonyl (C=O) groups is 1. The summed E-state index contributed by atoms with van der Waals surface area (Å²) < 4.78 is 1.78. The summed E-state index contributed by atoms with van der Waals surface area (Å²) in [6.07, 6.45) is 3.49. The molecular weight excluding hydrogens is 206 g/mol. The third-order valence-corrected chi connectivity index (χ3v) is 2.25. The molecule has 0 unspecified atom stereocenters. The number of aliphatic hydroxyl groups is 1. The van der Waals surface area contributed by atoms with Gasteiger partial charge in [-0.3, -0.25) is 4.79 Å². The first-order valence-electron chi connectivity index (χ1n) is 5.06. The molecule has 0 spiro atoms. The second kappa shape index (κ2) is 4.32. The summed E-state index contributed by atoms with van der Waals surface area (Å²) >= 11 is 0. The predicted octanol–water partition coefficient (Wildman–Crippen LogP) is 0.445. The van der Waals surface area contributed by atoms with Crippen LogP contribution in [0.5, 0.6) is 0 Å². The molecule has 0 aliphatic rings. The third kappa shape index (κ3) is 2.04. The van der Waals surface area contributed by atoms with Crippen LogP contribution in [0.25, 0.3) is 5.65 Å². The van der Waals surface area contributed by atoms with Gasteiger partial charge in [-0.15, -0.1) is 0 Å². The molecular formula is C11H13N3O2. The highest BCUT2D eigenvalue weighted by Gasteiger charge is 2.12. The molecule has 1 amide bonds. The minimum absolute atomic E-state index is 0.0842. The molecule has 2 aromatic rings. The summed E-state index contributed by atoms with van der Waals surface area (Å²) in [5, 5.41) is 11.5. The van der Waals surface area contributed by atoms with E-state index < -0.39 is 0 Å². The highest BCUT2D eigenvalue weighted by Crippen LogP contribution is 2.04. The van der Waals surface area contributed by atoms with Crippen LogP contribution in [0, 0.1) is 0 Å². The fourth-order valence-corrected chi connectivity index (χ4v) is 1.39. The Labute approximate surface area is 92.7 Å². The lowest BCUT2D eigenvalue weighted by atomic mass is 10.3. The molecule has 0 fully saturated rings. The van der Waals surface area contributed by atoms with Gasteiger partial charge in [0.1, 0.15) is 11.3 Å². The van der Waals surface area contributed by atoms with Gasteiger partial charge in [0.2, 0.25) is 0 Å². The molecule has 2 heterocycles. The number of hydrogen-bond acceptors (Lipinski definition) is 3. The van der Waals surface area contributed by atoms with Crippen LogP contribution in [0.1, 0.15) is 17.4 Å². The average Bonchev–Trinajstić information content (AvgIpc) is 2.72. The molecule has 0 saturated carbocycles. The maximum atomic E-state index is 11.7. The van der Waals surface area contributed by atoms with E-state index in [4.69, 9.17) is 5.11 Å². The van der Waals surface area contributed by atoms with Crippen molar-refractivity contribution < 1.29 is 9.90 Å². The first-order valence-corrected chi connectivity index (χ1v) is 5.06. The summed E-state index contributed by atoms with van der Waals surface area (Å²) in [5.74, 6) is -0.273. The Hall–Kier alpha value is -1.88. The number of rotatable bonds is 3.